The maximum absolute atomic E-state index is 14.2. The first-order valence-electron chi connectivity index (χ1n) is 6.07. The molecule has 0 spiro atoms. The van der Waals surface area contributed by atoms with Gasteiger partial charge in [0.15, 0.2) is 5.82 Å². The van der Waals surface area contributed by atoms with Gasteiger partial charge in [-0.15, -0.1) is 0 Å². The molecular weight excluding hydrogens is 341 g/mol. The largest absolute Gasteiger partial charge is 0.478 e. The SMILES string of the molecule is CC1CN(S(=O)(=O)c2cc(Cl)cc(C(=O)O)c2F)CCS1. The number of hydrogen-bond donors (Lipinski definition) is 1. The van der Waals surface area contributed by atoms with Crippen LogP contribution in [-0.2, 0) is 10.0 Å². The molecule has 1 aliphatic heterocycles. The van der Waals surface area contributed by atoms with E-state index in [2.05, 4.69) is 0 Å². The first-order chi connectivity index (χ1) is 9.73. The second-order valence-electron chi connectivity index (χ2n) is 4.62. The zero-order chi connectivity index (χ0) is 15.8. The van der Waals surface area contributed by atoms with Crippen molar-refractivity contribution in [3.63, 3.8) is 0 Å². The minimum atomic E-state index is -4.11. The molecule has 1 aromatic rings. The Morgan fingerprint density at radius 2 is 2.19 bits per heavy atom. The number of thioether (sulfide) groups is 1. The van der Waals surface area contributed by atoms with Gasteiger partial charge in [0.2, 0.25) is 10.0 Å². The van der Waals surface area contributed by atoms with E-state index >= 15 is 0 Å². The van der Waals surface area contributed by atoms with Gasteiger partial charge in [0, 0.05) is 29.1 Å². The smallest absolute Gasteiger partial charge is 0.338 e. The van der Waals surface area contributed by atoms with Crippen molar-refractivity contribution in [2.24, 2.45) is 0 Å². The Balaban J connectivity index is 2.52. The van der Waals surface area contributed by atoms with Crippen LogP contribution in [0.5, 0.6) is 0 Å². The third-order valence-corrected chi connectivity index (χ3v) is 6.28. The van der Waals surface area contributed by atoms with Gasteiger partial charge in [0.25, 0.3) is 0 Å². The second-order valence-corrected chi connectivity index (χ2v) is 8.50. The van der Waals surface area contributed by atoms with Crippen LogP contribution < -0.4 is 0 Å². The summed E-state index contributed by atoms with van der Waals surface area (Å²) < 4.78 is 40.4. The minimum absolute atomic E-state index is 0.0923. The van der Waals surface area contributed by atoms with Crippen LogP contribution in [0.1, 0.15) is 17.3 Å². The number of hydrogen-bond acceptors (Lipinski definition) is 4. The molecule has 5 nitrogen and oxygen atoms in total. The molecule has 116 valence electrons. The summed E-state index contributed by atoms with van der Waals surface area (Å²) in [6.07, 6.45) is 0. The summed E-state index contributed by atoms with van der Waals surface area (Å²) in [7, 11) is -4.11. The van der Waals surface area contributed by atoms with Gasteiger partial charge in [0.1, 0.15) is 4.90 Å². The summed E-state index contributed by atoms with van der Waals surface area (Å²) in [5.74, 6) is -2.24. The summed E-state index contributed by atoms with van der Waals surface area (Å²) in [5, 5.41) is 8.88. The van der Waals surface area contributed by atoms with Crippen LogP contribution in [0.2, 0.25) is 5.02 Å². The molecule has 2 rings (SSSR count). The van der Waals surface area contributed by atoms with Crippen molar-refractivity contribution in [1.82, 2.24) is 4.31 Å². The van der Waals surface area contributed by atoms with Crippen molar-refractivity contribution in [2.75, 3.05) is 18.8 Å². The third kappa shape index (κ3) is 3.33. The number of benzene rings is 1. The predicted octanol–water partition coefficient (Wildman–Crippen LogP) is 2.30. The number of aromatic carboxylic acids is 1. The standard InChI is InChI=1S/C12H13ClFNO4S2/c1-7-6-15(2-3-20-7)21(18,19)10-5-8(13)4-9(11(10)14)12(16)17/h4-5,7H,2-3,6H2,1H3,(H,16,17). The molecule has 1 fully saturated rings. The molecule has 1 N–H and O–H groups in total. The van der Waals surface area contributed by atoms with Crippen LogP contribution in [0.15, 0.2) is 17.0 Å². The maximum Gasteiger partial charge on any atom is 0.338 e. The van der Waals surface area contributed by atoms with Crippen molar-refractivity contribution in [1.29, 1.82) is 0 Å². The molecular formula is C12H13ClFNO4S2. The molecule has 0 bridgehead atoms. The Hall–Kier alpha value is -0.830. The number of carboxylic acid groups (broad SMARTS) is 1. The Labute approximate surface area is 131 Å². The van der Waals surface area contributed by atoms with Gasteiger partial charge in [-0.1, -0.05) is 18.5 Å². The number of carbonyl (C=O) groups is 1. The van der Waals surface area contributed by atoms with Crippen LogP contribution in [-0.4, -0.2) is 47.9 Å². The molecule has 21 heavy (non-hydrogen) atoms. The highest BCUT2D eigenvalue weighted by atomic mass is 35.5. The lowest BCUT2D eigenvalue weighted by molar-refractivity contribution is 0.0691. The molecule has 1 aromatic carbocycles. The van der Waals surface area contributed by atoms with Crippen molar-refractivity contribution in [2.45, 2.75) is 17.1 Å². The normalized spacial score (nSPS) is 20.4. The summed E-state index contributed by atoms with van der Waals surface area (Å²) in [5.41, 5.74) is -0.750. The Morgan fingerprint density at radius 3 is 2.76 bits per heavy atom. The molecule has 1 atom stereocenters. The van der Waals surface area contributed by atoms with Gasteiger partial charge in [-0.25, -0.2) is 17.6 Å². The molecule has 0 aromatic heterocycles. The first kappa shape index (κ1) is 16.5. The van der Waals surface area contributed by atoms with Crippen LogP contribution in [0, 0.1) is 5.82 Å². The van der Waals surface area contributed by atoms with Gasteiger partial charge in [0.05, 0.1) is 5.56 Å². The van der Waals surface area contributed by atoms with E-state index in [1.807, 2.05) is 6.92 Å². The molecule has 1 aliphatic rings. The van der Waals surface area contributed by atoms with Gasteiger partial charge < -0.3 is 5.11 Å². The van der Waals surface area contributed by atoms with E-state index in [1.165, 1.54) is 0 Å². The van der Waals surface area contributed by atoms with E-state index in [0.717, 1.165) is 16.4 Å². The van der Waals surface area contributed by atoms with E-state index in [0.29, 0.717) is 5.75 Å². The fraction of sp³-hybridized carbons (Fsp3) is 0.417. The lowest BCUT2D eigenvalue weighted by Gasteiger charge is -2.29. The Kier molecular flexibility index (Phi) is 4.82. The van der Waals surface area contributed by atoms with Crippen LogP contribution in [0.3, 0.4) is 0 Å². The molecule has 0 aliphatic carbocycles. The number of carboxylic acids is 1. The zero-order valence-corrected chi connectivity index (χ0v) is 13.4. The average Bonchev–Trinajstić information content (AvgIpc) is 2.40. The van der Waals surface area contributed by atoms with E-state index in [1.54, 1.807) is 11.8 Å². The molecule has 1 heterocycles. The zero-order valence-electron chi connectivity index (χ0n) is 11.0. The summed E-state index contributed by atoms with van der Waals surface area (Å²) in [4.78, 5) is 10.3. The van der Waals surface area contributed by atoms with Gasteiger partial charge in [-0.2, -0.15) is 16.1 Å². The molecule has 1 unspecified atom stereocenters. The predicted molar refractivity (Wildman–Crippen MR) is 79.0 cm³/mol. The monoisotopic (exact) mass is 353 g/mol. The maximum atomic E-state index is 14.2. The molecule has 0 radical (unpaired) electrons. The Bertz CT molecular complexity index is 680. The van der Waals surface area contributed by atoms with E-state index < -0.39 is 32.3 Å². The minimum Gasteiger partial charge on any atom is -0.478 e. The average molecular weight is 354 g/mol. The van der Waals surface area contributed by atoms with Crippen molar-refractivity contribution in [3.05, 3.63) is 28.5 Å². The number of sulfonamides is 1. The molecule has 0 amide bonds. The topological polar surface area (TPSA) is 74.7 Å². The van der Waals surface area contributed by atoms with Crippen LogP contribution >= 0.6 is 23.4 Å². The van der Waals surface area contributed by atoms with Gasteiger partial charge in [-0.05, 0) is 12.1 Å². The number of halogens is 2. The Morgan fingerprint density at radius 1 is 1.52 bits per heavy atom. The summed E-state index contributed by atoms with van der Waals surface area (Å²) in [6.45, 7) is 2.39. The van der Waals surface area contributed by atoms with Crippen molar-refractivity contribution < 1.29 is 22.7 Å². The molecule has 9 heteroatoms. The van der Waals surface area contributed by atoms with Crippen LogP contribution in [0.25, 0.3) is 0 Å². The number of rotatable bonds is 3. The highest BCUT2D eigenvalue weighted by Gasteiger charge is 2.33. The lowest BCUT2D eigenvalue weighted by atomic mass is 10.2. The van der Waals surface area contributed by atoms with E-state index in [4.69, 9.17) is 16.7 Å². The molecule has 1 saturated heterocycles. The van der Waals surface area contributed by atoms with Gasteiger partial charge in [-0.3, -0.25) is 0 Å². The lowest BCUT2D eigenvalue weighted by Crippen LogP contribution is -2.41. The second kappa shape index (κ2) is 6.12. The highest BCUT2D eigenvalue weighted by Crippen LogP contribution is 2.29. The summed E-state index contributed by atoms with van der Waals surface area (Å²) >= 11 is 7.35. The van der Waals surface area contributed by atoms with Crippen LogP contribution in [0.4, 0.5) is 4.39 Å². The first-order valence-corrected chi connectivity index (χ1v) is 8.94. The summed E-state index contributed by atoms with van der Waals surface area (Å²) in [6, 6.07) is 1.85. The van der Waals surface area contributed by atoms with Crippen molar-refractivity contribution in [3.8, 4) is 0 Å². The van der Waals surface area contributed by atoms with Crippen molar-refractivity contribution >= 4 is 39.4 Å². The van der Waals surface area contributed by atoms with E-state index in [9.17, 15) is 17.6 Å². The third-order valence-electron chi connectivity index (χ3n) is 3.06. The molecule has 0 saturated carbocycles. The quantitative estimate of drug-likeness (QED) is 0.902. The fourth-order valence-electron chi connectivity index (χ4n) is 2.05. The highest BCUT2D eigenvalue weighted by molar-refractivity contribution is 8.00. The fourth-order valence-corrected chi connectivity index (χ4v) is 5.20. The number of nitrogens with zero attached hydrogens (tertiary/aromatic N) is 1. The van der Waals surface area contributed by atoms with E-state index in [-0.39, 0.29) is 23.4 Å². The van der Waals surface area contributed by atoms with Gasteiger partial charge >= 0.3 is 5.97 Å².